The minimum atomic E-state index is -4.59. The van der Waals surface area contributed by atoms with E-state index >= 15 is 0 Å². The highest BCUT2D eigenvalue weighted by molar-refractivity contribution is 7.84. The average molecular weight is 302 g/mol. The third-order valence-corrected chi connectivity index (χ3v) is 4.05. The summed E-state index contributed by atoms with van der Waals surface area (Å²) in [5, 5.41) is 2.69. The molecule has 1 saturated heterocycles. The fourth-order valence-corrected chi connectivity index (χ4v) is 2.69. The topological polar surface area (TPSA) is 75.7 Å². The summed E-state index contributed by atoms with van der Waals surface area (Å²) in [6.07, 6.45) is 0. The predicted molar refractivity (Wildman–Crippen MR) is 70.4 cm³/mol. The molecular formula is C12H15FN2O4S. The Hall–Kier alpha value is -1.67. The van der Waals surface area contributed by atoms with Crippen molar-refractivity contribution in [3.8, 4) is 5.75 Å². The van der Waals surface area contributed by atoms with E-state index in [2.05, 4.69) is 5.32 Å². The number of ether oxygens (including phenoxy) is 1. The summed E-state index contributed by atoms with van der Waals surface area (Å²) in [7, 11) is -3.05. The Morgan fingerprint density at radius 2 is 2.00 bits per heavy atom. The molecule has 1 amide bonds. The molecule has 1 fully saturated rings. The van der Waals surface area contributed by atoms with Gasteiger partial charge in [-0.2, -0.15) is 12.7 Å². The first-order valence-corrected chi connectivity index (χ1v) is 7.36. The molecule has 20 heavy (non-hydrogen) atoms. The molecule has 0 aromatic heterocycles. The molecule has 6 nitrogen and oxygen atoms in total. The van der Waals surface area contributed by atoms with Gasteiger partial charge < -0.3 is 10.1 Å². The van der Waals surface area contributed by atoms with Gasteiger partial charge in [0.25, 0.3) is 5.91 Å². The lowest BCUT2D eigenvalue weighted by Crippen LogP contribution is -2.52. The summed E-state index contributed by atoms with van der Waals surface area (Å²) in [4.78, 5) is 11.8. The first-order chi connectivity index (χ1) is 9.40. The second-order valence-electron chi connectivity index (χ2n) is 4.56. The first-order valence-electron chi connectivity index (χ1n) is 6.02. The van der Waals surface area contributed by atoms with E-state index in [0.717, 1.165) is 4.31 Å². The van der Waals surface area contributed by atoms with Crippen molar-refractivity contribution in [1.29, 1.82) is 0 Å². The van der Waals surface area contributed by atoms with Crippen molar-refractivity contribution in [2.24, 2.45) is 5.92 Å². The minimum absolute atomic E-state index is 0.0530. The summed E-state index contributed by atoms with van der Waals surface area (Å²) >= 11 is 0. The molecule has 0 radical (unpaired) electrons. The zero-order chi connectivity index (χ0) is 14.8. The summed E-state index contributed by atoms with van der Waals surface area (Å²) in [6.45, 7) is 0.514. The van der Waals surface area contributed by atoms with Gasteiger partial charge in [-0.15, -0.1) is 0 Å². The fraction of sp³-hybridized carbons (Fsp3) is 0.417. The molecule has 0 atom stereocenters. The van der Waals surface area contributed by atoms with Gasteiger partial charge in [0.15, 0.2) is 0 Å². The minimum Gasteiger partial charge on any atom is -0.497 e. The van der Waals surface area contributed by atoms with Crippen LogP contribution in [0.2, 0.25) is 0 Å². The Morgan fingerprint density at radius 1 is 1.40 bits per heavy atom. The van der Waals surface area contributed by atoms with E-state index in [1.54, 1.807) is 24.3 Å². The highest BCUT2D eigenvalue weighted by Crippen LogP contribution is 2.19. The molecule has 1 aromatic carbocycles. The van der Waals surface area contributed by atoms with Gasteiger partial charge in [-0.1, -0.05) is 3.89 Å². The monoisotopic (exact) mass is 302 g/mol. The van der Waals surface area contributed by atoms with Crippen LogP contribution >= 0.6 is 0 Å². The summed E-state index contributed by atoms with van der Waals surface area (Å²) in [5.74, 6) is 0.348. The molecule has 0 saturated carbocycles. The standard InChI is InChI=1S/C12H15FN2O4S/c1-19-11-4-2-10(3-5-11)12(16)14-6-9-7-15(8-9)20(13,17)18/h2-5,9H,6-8H2,1H3,(H,14,16). The SMILES string of the molecule is COc1ccc(C(=O)NCC2CN(S(=O)(=O)F)C2)cc1. The average Bonchev–Trinajstić information content (AvgIpc) is 2.35. The van der Waals surface area contributed by atoms with Gasteiger partial charge in [-0.25, -0.2) is 0 Å². The number of methoxy groups -OCH3 is 1. The van der Waals surface area contributed by atoms with Gasteiger partial charge in [0.05, 0.1) is 7.11 Å². The van der Waals surface area contributed by atoms with Crippen LogP contribution in [-0.2, 0) is 10.4 Å². The Morgan fingerprint density at radius 3 is 2.50 bits per heavy atom. The number of nitrogens with zero attached hydrogens (tertiary/aromatic N) is 1. The molecule has 1 N–H and O–H groups in total. The van der Waals surface area contributed by atoms with E-state index in [9.17, 15) is 17.1 Å². The van der Waals surface area contributed by atoms with Crippen LogP contribution in [0.4, 0.5) is 3.89 Å². The quantitative estimate of drug-likeness (QED) is 0.807. The Bertz CT molecular complexity index is 582. The summed E-state index contributed by atoms with van der Waals surface area (Å²) in [5.41, 5.74) is 0.486. The van der Waals surface area contributed by atoms with E-state index in [4.69, 9.17) is 4.74 Å². The van der Waals surface area contributed by atoms with Crippen molar-refractivity contribution in [3.63, 3.8) is 0 Å². The van der Waals surface area contributed by atoms with Crippen molar-refractivity contribution in [2.45, 2.75) is 0 Å². The smallest absolute Gasteiger partial charge is 0.374 e. The van der Waals surface area contributed by atoms with Gasteiger partial charge in [-0.05, 0) is 24.3 Å². The number of carbonyl (C=O) groups excluding carboxylic acids is 1. The van der Waals surface area contributed by atoms with E-state index < -0.39 is 10.4 Å². The molecule has 1 aromatic rings. The Labute approximate surface area is 116 Å². The number of halogens is 1. The second kappa shape index (κ2) is 5.76. The number of hydrogen-bond donors (Lipinski definition) is 1. The van der Waals surface area contributed by atoms with Crippen molar-refractivity contribution in [1.82, 2.24) is 9.62 Å². The van der Waals surface area contributed by atoms with Gasteiger partial charge in [-0.3, -0.25) is 4.79 Å². The molecule has 0 aliphatic carbocycles. The maximum absolute atomic E-state index is 12.5. The van der Waals surface area contributed by atoms with Crippen LogP contribution in [-0.4, -0.2) is 45.4 Å². The molecule has 1 heterocycles. The first kappa shape index (κ1) is 14.7. The largest absolute Gasteiger partial charge is 0.497 e. The molecule has 110 valence electrons. The number of rotatable bonds is 5. The molecule has 0 spiro atoms. The maximum atomic E-state index is 12.5. The van der Waals surface area contributed by atoms with Crippen LogP contribution in [0, 0.1) is 5.92 Å². The van der Waals surface area contributed by atoms with Gasteiger partial charge in [0.2, 0.25) is 0 Å². The summed E-state index contributed by atoms with van der Waals surface area (Å²) < 4.78 is 39.3. The number of carbonyl (C=O) groups is 1. The zero-order valence-electron chi connectivity index (χ0n) is 10.9. The maximum Gasteiger partial charge on any atom is 0.374 e. The van der Waals surface area contributed by atoms with Crippen LogP contribution in [0.25, 0.3) is 0 Å². The Kier molecular flexibility index (Phi) is 4.24. The van der Waals surface area contributed by atoms with Gasteiger partial charge in [0, 0.05) is 31.1 Å². The molecule has 1 aliphatic rings. The molecule has 0 unspecified atom stereocenters. The van der Waals surface area contributed by atoms with Gasteiger partial charge in [0.1, 0.15) is 5.75 Å². The van der Waals surface area contributed by atoms with E-state index in [-0.39, 0.29) is 24.9 Å². The number of nitrogens with one attached hydrogen (secondary N) is 1. The molecule has 8 heteroatoms. The number of hydrogen-bond acceptors (Lipinski definition) is 4. The second-order valence-corrected chi connectivity index (χ2v) is 5.90. The lowest BCUT2D eigenvalue weighted by atomic mass is 10.0. The van der Waals surface area contributed by atoms with Crippen LogP contribution in [0.1, 0.15) is 10.4 Å². The summed E-state index contributed by atoms with van der Waals surface area (Å²) in [6, 6.07) is 6.62. The van der Waals surface area contributed by atoms with Crippen LogP contribution in [0.3, 0.4) is 0 Å². The Balaban J connectivity index is 1.79. The van der Waals surface area contributed by atoms with Crippen molar-refractivity contribution < 1.29 is 21.8 Å². The van der Waals surface area contributed by atoms with E-state index in [0.29, 0.717) is 17.9 Å². The molecular weight excluding hydrogens is 287 g/mol. The predicted octanol–water partition coefficient (Wildman–Crippen LogP) is 0.571. The van der Waals surface area contributed by atoms with Crippen LogP contribution in [0.15, 0.2) is 24.3 Å². The fourth-order valence-electron chi connectivity index (χ4n) is 1.91. The van der Waals surface area contributed by atoms with E-state index in [1.807, 2.05) is 0 Å². The molecule has 1 aliphatic heterocycles. The third-order valence-electron chi connectivity index (χ3n) is 3.14. The molecule has 0 bridgehead atoms. The third kappa shape index (κ3) is 3.45. The van der Waals surface area contributed by atoms with Crippen molar-refractivity contribution in [2.75, 3.05) is 26.7 Å². The number of amides is 1. The highest BCUT2D eigenvalue weighted by Gasteiger charge is 2.35. The highest BCUT2D eigenvalue weighted by atomic mass is 32.3. The van der Waals surface area contributed by atoms with Crippen molar-refractivity contribution >= 4 is 16.3 Å². The molecule has 2 rings (SSSR count). The lowest BCUT2D eigenvalue weighted by Gasteiger charge is -2.35. The van der Waals surface area contributed by atoms with Crippen LogP contribution in [0.5, 0.6) is 5.75 Å². The zero-order valence-corrected chi connectivity index (χ0v) is 11.7. The van der Waals surface area contributed by atoms with Crippen LogP contribution < -0.4 is 10.1 Å². The number of benzene rings is 1. The normalized spacial score (nSPS) is 16.5. The van der Waals surface area contributed by atoms with Crippen molar-refractivity contribution in [3.05, 3.63) is 29.8 Å². The van der Waals surface area contributed by atoms with Gasteiger partial charge >= 0.3 is 10.4 Å². The van der Waals surface area contributed by atoms with E-state index in [1.165, 1.54) is 7.11 Å². The lowest BCUT2D eigenvalue weighted by molar-refractivity contribution is 0.0928.